The Balaban J connectivity index is 2.09. The second kappa shape index (κ2) is 5.19. The summed E-state index contributed by atoms with van der Waals surface area (Å²) in [6.07, 6.45) is 2.06. The van der Waals surface area contributed by atoms with Crippen LogP contribution in [-0.2, 0) is 9.53 Å². The summed E-state index contributed by atoms with van der Waals surface area (Å²) in [7, 11) is 2.03. The van der Waals surface area contributed by atoms with Crippen molar-refractivity contribution in [3.05, 3.63) is 0 Å². The van der Waals surface area contributed by atoms with Crippen LogP contribution in [0.3, 0.4) is 0 Å². The molecule has 0 aliphatic carbocycles. The van der Waals surface area contributed by atoms with E-state index in [9.17, 15) is 4.79 Å². The maximum Gasteiger partial charge on any atom is 0.303 e. The quantitative estimate of drug-likeness (QED) is 0.683. The van der Waals surface area contributed by atoms with Crippen LogP contribution in [0.1, 0.15) is 19.3 Å². The predicted molar refractivity (Wildman–Crippen MR) is 48.7 cm³/mol. The number of rotatable bonds is 5. The van der Waals surface area contributed by atoms with Crippen LogP contribution in [0.25, 0.3) is 0 Å². The van der Waals surface area contributed by atoms with Crippen molar-refractivity contribution in [3.8, 4) is 0 Å². The molecule has 1 unspecified atom stereocenters. The number of aliphatic carboxylic acids is 1. The van der Waals surface area contributed by atoms with Crippen LogP contribution in [0.4, 0.5) is 0 Å². The average Bonchev–Trinajstić information content (AvgIpc) is 2.55. The molecular weight excluding hydrogens is 170 g/mol. The molecule has 1 aliphatic rings. The van der Waals surface area contributed by atoms with E-state index in [1.165, 1.54) is 0 Å². The van der Waals surface area contributed by atoms with Crippen LogP contribution in [-0.4, -0.2) is 48.8 Å². The van der Waals surface area contributed by atoms with Gasteiger partial charge in [-0.15, -0.1) is 0 Å². The Labute approximate surface area is 78.5 Å². The number of hydrogen-bond acceptors (Lipinski definition) is 3. The molecular formula is C9H17NO3. The van der Waals surface area contributed by atoms with E-state index in [0.717, 1.165) is 32.6 Å². The van der Waals surface area contributed by atoms with Crippen molar-refractivity contribution in [2.24, 2.45) is 0 Å². The molecule has 0 aromatic rings. The fourth-order valence-electron chi connectivity index (χ4n) is 1.53. The Kier molecular flexibility index (Phi) is 4.18. The van der Waals surface area contributed by atoms with E-state index in [0.29, 0.717) is 6.04 Å². The predicted octanol–water partition coefficient (Wildman–Crippen LogP) is 0.572. The third-order valence-corrected chi connectivity index (χ3v) is 2.43. The highest BCUT2D eigenvalue weighted by atomic mass is 16.5. The highest BCUT2D eigenvalue weighted by Gasteiger charge is 2.19. The fraction of sp³-hybridized carbons (Fsp3) is 0.889. The summed E-state index contributed by atoms with van der Waals surface area (Å²) in [6.45, 7) is 2.48. The van der Waals surface area contributed by atoms with Gasteiger partial charge in [0.25, 0.3) is 0 Å². The molecule has 1 rings (SSSR count). The lowest BCUT2D eigenvalue weighted by Crippen LogP contribution is -2.32. The average molecular weight is 187 g/mol. The number of carbonyl (C=O) groups is 1. The molecule has 4 nitrogen and oxygen atoms in total. The molecule has 1 aliphatic heterocycles. The molecule has 1 heterocycles. The molecule has 0 saturated carbocycles. The van der Waals surface area contributed by atoms with Crippen LogP contribution >= 0.6 is 0 Å². The van der Waals surface area contributed by atoms with Crippen molar-refractivity contribution in [1.82, 2.24) is 4.90 Å². The largest absolute Gasteiger partial charge is 0.481 e. The standard InChI is InChI=1S/C9H17NO3/c1-10(5-2-3-9(11)12)8-4-6-13-7-8/h8H,2-7H2,1H3,(H,11,12). The molecule has 0 aromatic heterocycles. The number of likely N-dealkylation sites (N-methyl/N-ethyl adjacent to an activating group) is 1. The number of nitrogens with zero attached hydrogens (tertiary/aromatic N) is 1. The molecule has 0 amide bonds. The summed E-state index contributed by atoms with van der Waals surface area (Å²) in [5, 5.41) is 8.45. The molecule has 4 heteroatoms. The first-order chi connectivity index (χ1) is 6.20. The van der Waals surface area contributed by atoms with Gasteiger partial charge in [-0.1, -0.05) is 0 Å². The van der Waals surface area contributed by atoms with Gasteiger partial charge in [0.2, 0.25) is 0 Å². The molecule has 1 fully saturated rings. The highest BCUT2D eigenvalue weighted by Crippen LogP contribution is 2.10. The Morgan fingerprint density at radius 1 is 1.69 bits per heavy atom. The van der Waals surface area contributed by atoms with Crippen molar-refractivity contribution in [3.63, 3.8) is 0 Å². The lowest BCUT2D eigenvalue weighted by molar-refractivity contribution is -0.137. The van der Waals surface area contributed by atoms with Gasteiger partial charge < -0.3 is 14.7 Å². The van der Waals surface area contributed by atoms with Crippen LogP contribution < -0.4 is 0 Å². The van der Waals surface area contributed by atoms with Gasteiger partial charge in [0.1, 0.15) is 0 Å². The maximum atomic E-state index is 10.3. The zero-order valence-corrected chi connectivity index (χ0v) is 8.03. The highest BCUT2D eigenvalue weighted by molar-refractivity contribution is 5.66. The van der Waals surface area contributed by atoms with Crippen LogP contribution in [0.2, 0.25) is 0 Å². The molecule has 0 radical (unpaired) electrons. The summed E-state index contributed by atoms with van der Waals surface area (Å²) in [6, 6.07) is 0.494. The SMILES string of the molecule is CN(CCCC(=O)O)C1CCOC1. The summed E-state index contributed by atoms with van der Waals surface area (Å²) >= 11 is 0. The minimum Gasteiger partial charge on any atom is -0.481 e. The van der Waals surface area contributed by atoms with E-state index < -0.39 is 5.97 Å². The minimum absolute atomic E-state index is 0.262. The first-order valence-electron chi connectivity index (χ1n) is 4.70. The Morgan fingerprint density at radius 3 is 3.00 bits per heavy atom. The Hall–Kier alpha value is -0.610. The summed E-state index contributed by atoms with van der Waals surface area (Å²) < 4.78 is 5.25. The normalized spacial score (nSPS) is 22.5. The lowest BCUT2D eigenvalue weighted by Gasteiger charge is -2.22. The Morgan fingerprint density at radius 2 is 2.46 bits per heavy atom. The molecule has 0 bridgehead atoms. The van der Waals surface area contributed by atoms with Crippen molar-refractivity contribution in [2.75, 3.05) is 26.8 Å². The summed E-state index contributed by atoms with van der Waals surface area (Å²) in [4.78, 5) is 12.4. The Bertz CT molecular complexity index is 166. The topological polar surface area (TPSA) is 49.8 Å². The van der Waals surface area contributed by atoms with Gasteiger partial charge in [0, 0.05) is 19.1 Å². The lowest BCUT2D eigenvalue weighted by atomic mass is 10.2. The van der Waals surface area contributed by atoms with Gasteiger partial charge >= 0.3 is 5.97 Å². The summed E-state index contributed by atoms with van der Waals surface area (Å²) in [5.41, 5.74) is 0. The van der Waals surface area contributed by atoms with Crippen LogP contribution in [0, 0.1) is 0 Å². The van der Waals surface area contributed by atoms with E-state index in [-0.39, 0.29) is 6.42 Å². The van der Waals surface area contributed by atoms with Crippen LogP contribution in [0.15, 0.2) is 0 Å². The van der Waals surface area contributed by atoms with E-state index in [4.69, 9.17) is 9.84 Å². The zero-order chi connectivity index (χ0) is 9.68. The van der Waals surface area contributed by atoms with E-state index in [1.54, 1.807) is 0 Å². The molecule has 76 valence electrons. The van der Waals surface area contributed by atoms with Gasteiger partial charge in [-0.2, -0.15) is 0 Å². The van der Waals surface area contributed by atoms with E-state index in [2.05, 4.69) is 4.90 Å². The zero-order valence-electron chi connectivity index (χ0n) is 8.03. The van der Waals surface area contributed by atoms with Gasteiger partial charge in [-0.3, -0.25) is 4.79 Å². The van der Waals surface area contributed by atoms with E-state index in [1.807, 2.05) is 7.05 Å². The minimum atomic E-state index is -0.712. The first kappa shape index (κ1) is 10.5. The fourth-order valence-corrected chi connectivity index (χ4v) is 1.53. The summed E-state index contributed by atoms with van der Waals surface area (Å²) in [5.74, 6) is -0.712. The van der Waals surface area contributed by atoms with E-state index >= 15 is 0 Å². The third-order valence-electron chi connectivity index (χ3n) is 2.43. The monoisotopic (exact) mass is 187 g/mol. The molecule has 1 N–H and O–H groups in total. The van der Waals surface area contributed by atoms with Crippen molar-refractivity contribution in [2.45, 2.75) is 25.3 Å². The second-order valence-electron chi connectivity index (χ2n) is 3.50. The van der Waals surface area contributed by atoms with Gasteiger partial charge in [-0.05, 0) is 26.4 Å². The molecule has 13 heavy (non-hydrogen) atoms. The second-order valence-corrected chi connectivity index (χ2v) is 3.50. The number of carboxylic acid groups (broad SMARTS) is 1. The molecule has 1 saturated heterocycles. The van der Waals surface area contributed by atoms with Crippen molar-refractivity contribution in [1.29, 1.82) is 0 Å². The smallest absolute Gasteiger partial charge is 0.303 e. The third kappa shape index (κ3) is 3.74. The van der Waals surface area contributed by atoms with Crippen molar-refractivity contribution >= 4 is 5.97 Å². The number of hydrogen-bond donors (Lipinski definition) is 1. The van der Waals surface area contributed by atoms with Crippen molar-refractivity contribution < 1.29 is 14.6 Å². The maximum absolute atomic E-state index is 10.3. The first-order valence-corrected chi connectivity index (χ1v) is 4.70. The molecule has 1 atom stereocenters. The molecule has 0 spiro atoms. The van der Waals surface area contributed by atoms with Gasteiger partial charge in [-0.25, -0.2) is 0 Å². The molecule has 0 aromatic carbocycles. The van der Waals surface area contributed by atoms with Gasteiger partial charge in [0.15, 0.2) is 0 Å². The van der Waals surface area contributed by atoms with Gasteiger partial charge in [0.05, 0.1) is 6.61 Å². The van der Waals surface area contributed by atoms with Crippen LogP contribution in [0.5, 0.6) is 0 Å². The number of ether oxygens (including phenoxy) is 1. The number of carboxylic acids is 1.